The number of likely N-dealkylation sites (tertiary alicyclic amines) is 1. The fourth-order valence-corrected chi connectivity index (χ4v) is 5.91. The monoisotopic (exact) mass is 531 g/mol. The van der Waals surface area contributed by atoms with Gasteiger partial charge in [0.2, 0.25) is 5.91 Å². The lowest BCUT2D eigenvalue weighted by atomic mass is 9.77. The van der Waals surface area contributed by atoms with E-state index in [1.54, 1.807) is 7.11 Å². The molecule has 1 aliphatic carbocycles. The number of benzene rings is 2. The number of aromatic nitrogens is 2. The molecule has 0 unspecified atom stereocenters. The van der Waals surface area contributed by atoms with E-state index in [0.717, 1.165) is 62.2 Å². The van der Waals surface area contributed by atoms with Crippen LogP contribution in [-0.2, 0) is 22.4 Å². The molecule has 1 aromatic heterocycles. The number of hydrogen-bond acceptors (Lipinski definition) is 6. The standard InChI is InChI=1S/C31H34FN3O4/c1-20-12-21-5-6-22(30(32)23(21)13-20)14-25-24-15-27(37-2)28(16-26(24)34-19-33-25)39-11-3-4-29(36)35-9-7-31(8-10-35)17-38-18-31/h5-6,13,15-16,19H,3-4,7-12,14,17-18H2,1-2H3. The molecular formula is C31H34FN3O4. The minimum Gasteiger partial charge on any atom is -0.493 e. The van der Waals surface area contributed by atoms with E-state index < -0.39 is 0 Å². The molecule has 3 heterocycles. The largest absolute Gasteiger partial charge is 0.493 e. The van der Waals surface area contributed by atoms with Gasteiger partial charge in [-0.1, -0.05) is 23.8 Å². The van der Waals surface area contributed by atoms with Gasteiger partial charge in [0.25, 0.3) is 0 Å². The number of halogens is 1. The van der Waals surface area contributed by atoms with Crippen LogP contribution in [0.1, 0.15) is 55.0 Å². The quantitative estimate of drug-likeness (QED) is 0.376. The van der Waals surface area contributed by atoms with Crippen LogP contribution in [0.3, 0.4) is 0 Å². The molecule has 2 saturated heterocycles. The van der Waals surface area contributed by atoms with E-state index in [1.165, 1.54) is 11.9 Å². The summed E-state index contributed by atoms with van der Waals surface area (Å²) < 4.78 is 32.3. The summed E-state index contributed by atoms with van der Waals surface area (Å²) in [5, 5.41) is 0.795. The number of amides is 1. The summed E-state index contributed by atoms with van der Waals surface area (Å²) in [5.74, 6) is 1.12. The molecule has 6 rings (SSSR count). The van der Waals surface area contributed by atoms with Crippen molar-refractivity contribution in [3.63, 3.8) is 0 Å². The van der Waals surface area contributed by atoms with Crippen LogP contribution in [-0.4, -0.2) is 60.8 Å². The summed E-state index contributed by atoms with van der Waals surface area (Å²) >= 11 is 0. The van der Waals surface area contributed by atoms with Crippen LogP contribution in [0.5, 0.6) is 11.5 Å². The average molecular weight is 532 g/mol. The minimum absolute atomic E-state index is 0.181. The molecule has 0 saturated carbocycles. The van der Waals surface area contributed by atoms with E-state index in [1.807, 2.05) is 42.2 Å². The summed E-state index contributed by atoms with van der Waals surface area (Å²) in [6.07, 6.45) is 7.71. The molecule has 8 heteroatoms. The summed E-state index contributed by atoms with van der Waals surface area (Å²) in [7, 11) is 1.59. The van der Waals surface area contributed by atoms with E-state index in [-0.39, 0.29) is 11.7 Å². The summed E-state index contributed by atoms with van der Waals surface area (Å²) in [6, 6.07) is 7.55. The van der Waals surface area contributed by atoms with Crippen LogP contribution >= 0.6 is 0 Å². The molecule has 2 aliphatic heterocycles. The third-order valence-electron chi connectivity index (χ3n) is 8.36. The number of piperidine rings is 1. The number of carbonyl (C=O) groups is 1. The maximum absolute atomic E-state index is 15.3. The molecule has 0 atom stereocenters. The maximum Gasteiger partial charge on any atom is 0.222 e. The Balaban J connectivity index is 1.11. The van der Waals surface area contributed by atoms with Gasteiger partial charge in [-0.15, -0.1) is 0 Å². The SMILES string of the molecule is COc1cc2c(Cc3ccc4c(c3F)C=C(C)C4)ncnc2cc1OCCCC(=O)N1CCC2(CC1)COC2. The molecule has 1 amide bonds. The highest BCUT2D eigenvalue weighted by molar-refractivity contribution is 5.85. The van der Waals surface area contributed by atoms with Gasteiger partial charge in [-0.3, -0.25) is 4.79 Å². The van der Waals surface area contributed by atoms with E-state index in [0.29, 0.717) is 59.4 Å². The first-order valence-electron chi connectivity index (χ1n) is 13.7. The number of fused-ring (bicyclic) bond motifs is 2. The van der Waals surface area contributed by atoms with Crippen molar-refractivity contribution in [1.29, 1.82) is 0 Å². The number of carbonyl (C=O) groups excluding carboxylic acids is 1. The van der Waals surface area contributed by atoms with Crippen molar-refractivity contribution in [2.24, 2.45) is 5.41 Å². The van der Waals surface area contributed by atoms with Gasteiger partial charge in [0.05, 0.1) is 38.1 Å². The lowest BCUT2D eigenvalue weighted by molar-refractivity contribution is -0.153. The lowest BCUT2D eigenvalue weighted by Crippen LogP contribution is -2.52. The molecule has 7 nitrogen and oxygen atoms in total. The zero-order valence-electron chi connectivity index (χ0n) is 22.6. The number of hydrogen-bond donors (Lipinski definition) is 0. The van der Waals surface area contributed by atoms with Gasteiger partial charge in [0.1, 0.15) is 12.1 Å². The molecule has 2 aromatic carbocycles. The highest BCUT2D eigenvalue weighted by atomic mass is 19.1. The summed E-state index contributed by atoms with van der Waals surface area (Å²) in [5.41, 5.74) is 5.23. The smallest absolute Gasteiger partial charge is 0.222 e. The van der Waals surface area contributed by atoms with E-state index in [2.05, 4.69) is 9.97 Å². The van der Waals surface area contributed by atoms with E-state index in [9.17, 15) is 4.79 Å². The number of methoxy groups -OCH3 is 1. The highest BCUT2D eigenvalue weighted by Crippen LogP contribution is 2.38. The van der Waals surface area contributed by atoms with Gasteiger partial charge in [-0.05, 0) is 49.8 Å². The van der Waals surface area contributed by atoms with Crippen LogP contribution < -0.4 is 9.47 Å². The third-order valence-corrected chi connectivity index (χ3v) is 8.36. The van der Waals surface area contributed by atoms with E-state index in [4.69, 9.17) is 14.2 Å². The zero-order valence-corrected chi connectivity index (χ0v) is 22.6. The second kappa shape index (κ2) is 10.6. The normalized spacial score (nSPS) is 17.6. The Morgan fingerprint density at radius 3 is 2.72 bits per heavy atom. The molecule has 39 heavy (non-hydrogen) atoms. The molecule has 204 valence electrons. The van der Waals surface area contributed by atoms with Gasteiger partial charge < -0.3 is 19.1 Å². The molecule has 3 aliphatic rings. The Kier molecular flexibility index (Phi) is 6.97. The Bertz CT molecular complexity index is 1440. The first-order valence-corrected chi connectivity index (χ1v) is 13.7. The molecule has 3 aromatic rings. The maximum atomic E-state index is 15.3. The topological polar surface area (TPSA) is 73.8 Å². The van der Waals surface area contributed by atoms with Crippen molar-refractivity contribution >= 4 is 22.9 Å². The van der Waals surface area contributed by atoms with Gasteiger partial charge in [0, 0.05) is 48.4 Å². The first-order chi connectivity index (χ1) is 18.9. The molecule has 2 fully saturated rings. The Morgan fingerprint density at radius 1 is 1.15 bits per heavy atom. The second-order valence-electron chi connectivity index (χ2n) is 11.1. The second-order valence-corrected chi connectivity index (χ2v) is 11.1. The predicted octanol–water partition coefficient (Wildman–Crippen LogP) is 5.13. The predicted molar refractivity (Wildman–Crippen MR) is 146 cm³/mol. The van der Waals surface area contributed by atoms with Gasteiger partial charge >= 0.3 is 0 Å². The number of ether oxygens (including phenoxy) is 3. The van der Waals surface area contributed by atoms with Crippen molar-refractivity contribution in [2.75, 3.05) is 40.0 Å². The molecule has 1 spiro atoms. The Hall–Kier alpha value is -3.52. The molecular weight excluding hydrogens is 497 g/mol. The first kappa shape index (κ1) is 25.7. The van der Waals surface area contributed by atoms with Crippen LogP contribution in [0.4, 0.5) is 4.39 Å². The average Bonchev–Trinajstić information content (AvgIpc) is 3.32. The summed E-state index contributed by atoms with van der Waals surface area (Å²) in [4.78, 5) is 23.6. The minimum atomic E-state index is -0.182. The number of rotatable bonds is 8. The van der Waals surface area contributed by atoms with Crippen LogP contribution in [0.15, 0.2) is 36.2 Å². The fourth-order valence-electron chi connectivity index (χ4n) is 5.91. The third kappa shape index (κ3) is 5.10. The van der Waals surface area contributed by atoms with Crippen LogP contribution in [0.2, 0.25) is 0 Å². The Labute approximate surface area is 228 Å². The number of allylic oxidation sites excluding steroid dienone is 1. The Morgan fingerprint density at radius 2 is 1.97 bits per heavy atom. The van der Waals surface area contributed by atoms with Crippen molar-refractivity contribution in [1.82, 2.24) is 14.9 Å². The molecule has 0 N–H and O–H groups in total. The van der Waals surface area contributed by atoms with Gasteiger partial charge in [0.15, 0.2) is 11.5 Å². The van der Waals surface area contributed by atoms with Crippen molar-refractivity contribution in [3.8, 4) is 11.5 Å². The lowest BCUT2D eigenvalue weighted by Gasteiger charge is -2.47. The molecule has 0 bridgehead atoms. The van der Waals surface area contributed by atoms with Crippen molar-refractivity contribution < 1.29 is 23.4 Å². The zero-order chi connectivity index (χ0) is 27.0. The van der Waals surface area contributed by atoms with Crippen molar-refractivity contribution in [3.05, 3.63) is 64.4 Å². The summed E-state index contributed by atoms with van der Waals surface area (Å²) in [6.45, 7) is 5.72. The number of nitrogens with zero attached hydrogens (tertiary/aromatic N) is 3. The van der Waals surface area contributed by atoms with Crippen molar-refractivity contribution in [2.45, 2.75) is 45.4 Å². The van der Waals surface area contributed by atoms with Crippen LogP contribution in [0, 0.1) is 11.2 Å². The highest BCUT2D eigenvalue weighted by Gasteiger charge is 2.41. The van der Waals surface area contributed by atoms with Crippen LogP contribution in [0.25, 0.3) is 17.0 Å². The van der Waals surface area contributed by atoms with Gasteiger partial charge in [-0.2, -0.15) is 0 Å². The fraction of sp³-hybridized carbons (Fsp3) is 0.452. The van der Waals surface area contributed by atoms with Gasteiger partial charge in [-0.25, -0.2) is 14.4 Å². The molecule has 0 radical (unpaired) electrons. The van der Waals surface area contributed by atoms with E-state index >= 15 is 4.39 Å².